The lowest BCUT2D eigenvalue weighted by Gasteiger charge is -2.33. The Morgan fingerprint density at radius 1 is 1.60 bits per heavy atom. The molecule has 1 fully saturated rings. The molecule has 1 aliphatic heterocycles. The first-order valence-corrected chi connectivity index (χ1v) is 6.23. The molecule has 1 rings (SSSR count). The summed E-state index contributed by atoms with van der Waals surface area (Å²) >= 11 is 5.57. The SMILES string of the molecule is CCN(C[C@H]1CCCN(C)C1)C(=O)CCl. The van der Waals surface area contributed by atoms with Crippen molar-refractivity contribution in [2.24, 2.45) is 5.92 Å². The molecule has 0 aromatic rings. The lowest BCUT2D eigenvalue weighted by Crippen LogP contribution is -2.42. The van der Waals surface area contributed by atoms with Crippen LogP contribution in [-0.4, -0.2) is 54.8 Å². The monoisotopic (exact) mass is 232 g/mol. The number of rotatable bonds is 4. The minimum Gasteiger partial charge on any atom is -0.342 e. The maximum Gasteiger partial charge on any atom is 0.237 e. The number of carbonyl (C=O) groups excluding carboxylic acids is 1. The molecular formula is C11H21ClN2O. The number of alkyl halides is 1. The molecule has 0 unspecified atom stereocenters. The fourth-order valence-electron chi connectivity index (χ4n) is 2.23. The second-order valence-corrected chi connectivity index (χ2v) is 4.60. The summed E-state index contributed by atoms with van der Waals surface area (Å²) in [6.45, 7) is 5.94. The largest absolute Gasteiger partial charge is 0.342 e. The van der Waals surface area contributed by atoms with Gasteiger partial charge in [0, 0.05) is 19.6 Å². The highest BCUT2D eigenvalue weighted by atomic mass is 35.5. The molecule has 1 aliphatic rings. The first kappa shape index (κ1) is 12.8. The third-order valence-corrected chi connectivity index (χ3v) is 3.28. The van der Waals surface area contributed by atoms with Crippen molar-refractivity contribution in [1.82, 2.24) is 9.80 Å². The molecule has 0 aromatic heterocycles. The number of amides is 1. The molecule has 15 heavy (non-hydrogen) atoms. The molecule has 0 radical (unpaired) electrons. The molecule has 88 valence electrons. The van der Waals surface area contributed by atoms with Crippen LogP contribution in [0.25, 0.3) is 0 Å². The zero-order valence-corrected chi connectivity index (χ0v) is 10.5. The Kier molecular flexibility index (Phi) is 5.40. The molecule has 3 nitrogen and oxygen atoms in total. The van der Waals surface area contributed by atoms with E-state index in [0.29, 0.717) is 5.92 Å². The molecule has 0 aromatic carbocycles. The minimum atomic E-state index is 0.0624. The molecule has 0 saturated carbocycles. The van der Waals surface area contributed by atoms with E-state index in [1.165, 1.54) is 19.4 Å². The lowest BCUT2D eigenvalue weighted by atomic mass is 9.98. The van der Waals surface area contributed by atoms with Gasteiger partial charge in [0.05, 0.1) is 0 Å². The summed E-state index contributed by atoms with van der Waals surface area (Å²) in [6, 6.07) is 0. The Bertz CT molecular complexity index is 211. The molecule has 1 heterocycles. The number of halogens is 1. The van der Waals surface area contributed by atoms with Crippen LogP contribution in [0, 0.1) is 5.92 Å². The topological polar surface area (TPSA) is 23.6 Å². The third-order valence-electron chi connectivity index (χ3n) is 3.05. The van der Waals surface area contributed by atoms with Crippen LogP contribution in [-0.2, 0) is 4.79 Å². The van der Waals surface area contributed by atoms with Gasteiger partial charge in [-0.25, -0.2) is 0 Å². The van der Waals surface area contributed by atoms with Gasteiger partial charge in [-0.3, -0.25) is 4.79 Å². The number of piperidine rings is 1. The van der Waals surface area contributed by atoms with E-state index in [1.54, 1.807) is 0 Å². The molecule has 0 aliphatic carbocycles. The predicted octanol–water partition coefficient (Wildman–Crippen LogP) is 1.42. The quantitative estimate of drug-likeness (QED) is 0.685. The van der Waals surface area contributed by atoms with E-state index in [0.717, 1.165) is 19.6 Å². The Morgan fingerprint density at radius 3 is 2.87 bits per heavy atom. The maximum atomic E-state index is 11.5. The van der Waals surface area contributed by atoms with E-state index < -0.39 is 0 Å². The molecule has 0 spiro atoms. The highest BCUT2D eigenvalue weighted by Gasteiger charge is 2.21. The van der Waals surface area contributed by atoms with Gasteiger partial charge in [-0.1, -0.05) is 0 Å². The van der Waals surface area contributed by atoms with Gasteiger partial charge in [0.1, 0.15) is 5.88 Å². The fourth-order valence-corrected chi connectivity index (χ4v) is 2.39. The number of nitrogens with zero attached hydrogens (tertiary/aromatic N) is 2. The van der Waals surface area contributed by atoms with E-state index in [1.807, 2.05) is 11.8 Å². The Balaban J connectivity index is 2.40. The van der Waals surface area contributed by atoms with Crippen molar-refractivity contribution in [1.29, 1.82) is 0 Å². The Hall–Kier alpha value is -0.280. The molecule has 1 saturated heterocycles. The van der Waals surface area contributed by atoms with E-state index in [2.05, 4.69) is 11.9 Å². The summed E-state index contributed by atoms with van der Waals surface area (Å²) in [4.78, 5) is 15.7. The van der Waals surface area contributed by atoms with Gasteiger partial charge in [0.2, 0.25) is 5.91 Å². The van der Waals surface area contributed by atoms with Gasteiger partial charge in [0.15, 0.2) is 0 Å². The highest BCUT2D eigenvalue weighted by Crippen LogP contribution is 2.16. The van der Waals surface area contributed by atoms with Crippen molar-refractivity contribution in [3.05, 3.63) is 0 Å². The summed E-state index contributed by atoms with van der Waals surface area (Å²) in [5.41, 5.74) is 0. The molecule has 1 atom stereocenters. The van der Waals surface area contributed by atoms with Crippen molar-refractivity contribution < 1.29 is 4.79 Å². The van der Waals surface area contributed by atoms with E-state index in [4.69, 9.17) is 11.6 Å². The van der Waals surface area contributed by atoms with Gasteiger partial charge in [0.25, 0.3) is 0 Å². The number of carbonyl (C=O) groups is 1. The lowest BCUT2D eigenvalue weighted by molar-refractivity contribution is -0.129. The zero-order chi connectivity index (χ0) is 11.3. The van der Waals surface area contributed by atoms with Gasteiger partial charge in [-0.15, -0.1) is 11.6 Å². The van der Waals surface area contributed by atoms with Crippen LogP contribution in [0.15, 0.2) is 0 Å². The van der Waals surface area contributed by atoms with E-state index in [-0.39, 0.29) is 11.8 Å². The number of hydrogen-bond donors (Lipinski definition) is 0. The summed E-state index contributed by atoms with van der Waals surface area (Å²) in [5, 5.41) is 0. The molecule has 4 heteroatoms. The van der Waals surface area contributed by atoms with Gasteiger partial charge in [-0.2, -0.15) is 0 Å². The van der Waals surface area contributed by atoms with Crippen LogP contribution in [0.1, 0.15) is 19.8 Å². The van der Waals surface area contributed by atoms with Gasteiger partial charge < -0.3 is 9.80 Å². The Morgan fingerprint density at radius 2 is 2.33 bits per heavy atom. The van der Waals surface area contributed by atoms with Crippen molar-refractivity contribution >= 4 is 17.5 Å². The van der Waals surface area contributed by atoms with Crippen LogP contribution in [0.5, 0.6) is 0 Å². The molecule has 0 bridgehead atoms. The predicted molar refractivity (Wildman–Crippen MR) is 63.2 cm³/mol. The van der Waals surface area contributed by atoms with Crippen LogP contribution in [0.4, 0.5) is 0 Å². The summed E-state index contributed by atoms with van der Waals surface area (Å²) < 4.78 is 0. The Labute approximate surface area is 97.4 Å². The second kappa shape index (κ2) is 6.33. The molecular weight excluding hydrogens is 212 g/mol. The van der Waals surface area contributed by atoms with Crippen LogP contribution in [0.3, 0.4) is 0 Å². The average Bonchev–Trinajstić information content (AvgIpc) is 2.25. The van der Waals surface area contributed by atoms with Crippen LogP contribution in [0.2, 0.25) is 0 Å². The van der Waals surface area contributed by atoms with E-state index in [9.17, 15) is 4.79 Å². The normalized spacial score (nSPS) is 22.7. The number of hydrogen-bond acceptors (Lipinski definition) is 2. The third kappa shape index (κ3) is 3.99. The average molecular weight is 233 g/mol. The minimum absolute atomic E-state index is 0.0624. The van der Waals surface area contributed by atoms with E-state index >= 15 is 0 Å². The van der Waals surface area contributed by atoms with Gasteiger partial charge in [-0.05, 0) is 39.3 Å². The van der Waals surface area contributed by atoms with Crippen molar-refractivity contribution in [2.45, 2.75) is 19.8 Å². The van der Waals surface area contributed by atoms with Crippen LogP contribution >= 0.6 is 11.6 Å². The highest BCUT2D eigenvalue weighted by molar-refractivity contribution is 6.27. The summed E-state index contributed by atoms with van der Waals surface area (Å²) in [7, 11) is 2.14. The van der Waals surface area contributed by atoms with Crippen molar-refractivity contribution in [3.63, 3.8) is 0 Å². The molecule has 0 N–H and O–H groups in total. The van der Waals surface area contributed by atoms with Gasteiger partial charge >= 0.3 is 0 Å². The summed E-state index contributed by atoms with van der Waals surface area (Å²) in [5.74, 6) is 0.791. The van der Waals surface area contributed by atoms with Crippen LogP contribution < -0.4 is 0 Å². The number of likely N-dealkylation sites (tertiary alicyclic amines) is 1. The molecule has 1 amide bonds. The van der Waals surface area contributed by atoms with Crippen molar-refractivity contribution in [3.8, 4) is 0 Å². The smallest absolute Gasteiger partial charge is 0.237 e. The first-order valence-electron chi connectivity index (χ1n) is 5.69. The standard InChI is InChI=1S/C11H21ClN2O/c1-3-14(11(15)7-12)9-10-5-4-6-13(2)8-10/h10H,3-9H2,1-2H3/t10-/m0/s1. The zero-order valence-electron chi connectivity index (χ0n) is 9.71. The maximum absolute atomic E-state index is 11.5. The first-order chi connectivity index (χ1) is 7.17. The fraction of sp³-hybridized carbons (Fsp3) is 0.909. The summed E-state index contributed by atoms with van der Waals surface area (Å²) in [6.07, 6.45) is 2.48. The second-order valence-electron chi connectivity index (χ2n) is 4.34. The van der Waals surface area contributed by atoms with Crippen molar-refractivity contribution in [2.75, 3.05) is 39.1 Å².